The van der Waals surface area contributed by atoms with Crippen LogP contribution in [-0.2, 0) is 15.7 Å². The molecule has 0 bridgehead atoms. The lowest BCUT2D eigenvalue weighted by Crippen LogP contribution is -2.52. The number of ether oxygens (including phenoxy) is 1. The number of alkyl halides is 6. The number of nitrogens with one attached hydrogen (secondary N) is 2. The second-order valence-corrected chi connectivity index (χ2v) is 4.37. The first kappa shape index (κ1) is 19.6. The number of esters is 1. The van der Waals surface area contributed by atoms with Crippen LogP contribution in [0.15, 0.2) is 24.3 Å². The fourth-order valence-corrected chi connectivity index (χ4v) is 1.63. The maximum Gasteiger partial charge on any atom is 0.419 e. The Morgan fingerprint density at radius 2 is 1.71 bits per heavy atom. The number of carbonyl (C=O) groups excluding carboxylic acids is 2. The minimum Gasteiger partial charge on any atom is -0.464 e. The summed E-state index contributed by atoms with van der Waals surface area (Å²) in [4.78, 5) is 22.8. The molecule has 2 N–H and O–H groups in total. The molecule has 1 rings (SSSR count). The number of carbonyl (C=O) groups is 2. The Hall–Kier alpha value is -2.46. The number of hydrogen-bond acceptors (Lipinski definition) is 3. The average molecular weight is 358 g/mol. The van der Waals surface area contributed by atoms with Gasteiger partial charge in [-0.15, -0.1) is 0 Å². The van der Waals surface area contributed by atoms with Gasteiger partial charge < -0.3 is 15.4 Å². The van der Waals surface area contributed by atoms with Crippen molar-refractivity contribution in [1.29, 1.82) is 0 Å². The molecule has 0 fully saturated rings. The number of rotatable bonds is 4. The Morgan fingerprint density at radius 1 is 1.12 bits per heavy atom. The van der Waals surface area contributed by atoms with Crippen LogP contribution in [0.25, 0.3) is 0 Å². The predicted octanol–water partition coefficient (Wildman–Crippen LogP) is 3.32. The van der Waals surface area contributed by atoms with Gasteiger partial charge >= 0.3 is 24.4 Å². The standard InChI is InChI=1S/C13H12F6N2O3/c1-2-24-10(22)9(13(17,18)19)21-11(23)20-8-6-4-3-5-7(8)12(14,15)16/h3-6,9H,2H2,1H3,(H2,20,21,23). The molecule has 11 heteroatoms. The van der Waals surface area contributed by atoms with Crippen molar-refractivity contribution in [2.24, 2.45) is 0 Å². The number of anilines is 1. The van der Waals surface area contributed by atoms with Crippen LogP contribution in [0, 0.1) is 0 Å². The van der Waals surface area contributed by atoms with Gasteiger partial charge in [0.05, 0.1) is 17.9 Å². The number of urea groups is 1. The molecule has 24 heavy (non-hydrogen) atoms. The molecule has 5 nitrogen and oxygen atoms in total. The Bertz CT molecular complexity index is 600. The lowest BCUT2D eigenvalue weighted by atomic mass is 10.1. The summed E-state index contributed by atoms with van der Waals surface area (Å²) in [7, 11) is 0. The van der Waals surface area contributed by atoms with Crippen LogP contribution < -0.4 is 10.6 Å². The summed E-state index contributed by atoms with van der Waals surface area (Å²) in [6, 6.07) is -0.949. The van der Waals surface area contributed by atoms with Crippen LogP contribution >= 0.6 is 0 Å². The van der Waals surface area contributed by atoms with Crippen LogP contribution in [0.4, 0.5) is 36.8 Å². The van der Waals surface area contributed by atoms with Crippen LogP contribution in [-0.4, -0.2) is 30.8 Å². The third-order valence-corrected chi connectivity index (χ3v) is 2.61. The molecule has 0 aliphatic heterocycles. The topological polar surface area (TPSA) is 67.4 Å². The minimum atomic E-state index is -5.17. The fraction of sp³-hybridized carbons (Fsp3) is 0.385. The maximum atomic E-state index is 12.8. The van der Waals surface area contributed by atoms with E-state index < -0.39 is 41.6 Å². The van der Waals surface area contributed by atoms with Crippen molar-refractivity contribution in [3.63, 3.8) is 0 Å². The van der Waals surface area contributed by atoms with Gasteiger partial charge in [-0.2, -0.15) is 26.3 Å². The van der Waals surface area contributed by atoms with E-state index in [-0.39, 0.29) is 6.61 Å². The minimum absolute atomic E-state index is 0.369. The lowest BCUT2D eigenvalue weighted by Gasteiger charge is -2.21. The summed E-state index contributed by atoms with van der Waals surface area (Å²) in [6.45, 7) is 0.886. The van der Waals surface area contributed by atoms with Crippen molar-refractivity contribution < 1.29 is 40.7 Å². The molecule has 0 spiro atoms. The van der Waals surface area contributed by atoms with Gasteiger partial charge in [0.25, 0.3) is 0 Å². The van der Waals surface area contributed by atoms with Crippen LogP contribution in [0.5, 0.6) is 0 Å². The Labute approximate surface area is 132 Å². The second kappa shape index (κ2) is 7.41. The normalized spacial score (nSPS) is 13.1. The number of amides is 2. The number of benzene rings is 1. The Kier molecular flexibility index (Phi) is 6.04. The largest absolute Gasteiger partial charge is 0.464 e. The highest BCUT2D eigenvalue weighted by Gasteiger charge is 2.47. The highest BCUT2D eigenvalue weighted by atomic mass is 19.4. The van der Waals surface area contributed by atoms with Crippen molar-refractivity contribution in [2.45, 2.75) is 25.3 Å². The van der Waals surface area contributed by atoms with E-state index in [4.69, 9.17) is 0 Å². The first-order valence-electron chi connectivity index (χ1n) is 6.44. The van der Waals surface area contributed by atoms with Gasteiger partial charge in [0.2, 0.25) is 6.04 Å². The van der Waals surface area contributed by atoms with E-state index in [9.17, 15) is 35.9 Å². The number of halogens is 6. The van der Waals surface area contributed by atoms with Gasteiger partial charge in [-0.25, -0.2) is 9.59 Å². The van der Waals surface area contributed by atoms with Crippen molar-refractivity contribution in [2.75, 3.05) is 11.9 Å². The zero-order valence-corrected chi connectivity index (χ0v) is 12.1. The molecule has 0 aliphatic rings. The van der Waals surface area contributed by atoms with E-state index in [1.54, 1.807) is 5.32 Å². The molecule has 0 radical (unpaired) electrons. The van der Waals surface area contributed by atoms with E-state index in [1.165, 1.54) is 12.2 Å². The van der Waals surface area contributed by atoms with Gasteiger partial charge in [0.1, 0.15) is 0 Å². The summed E-state index contributed by atoms with van der Waals surface area (Å²) in [5.41, 5.74) is -2.01. The zero-order valence-electron chi connectivity index (χ0n) is 12.1. The van der Waals surface area contributed by atoms with Gasteiger partial charge in [0, 0.05) is 0 Å². The highest BCUT2D eigenvalue weighted by molar-refractivity contribution is 5.93. The van der Waals surface area contributed by atoms with Crippen LogP contribution in [0.3, 0.4) is 0 Å². The monoisotopic (exact) mass is 358 g/mol. The first-order valence-corrected chi connectivity index (χ1v) is 6.44. The van der Waals surface area contributed by atoms with E-state index in [0.29, 0.717) is 6.07 Å². The lowest BCUT2D eigenvalue weighted by molar-refractivity contribution is -0.182. The molecular formula is C13H12F6N2O3. The van der Waals surface area contributed by atoms with Crippen molar-refractivity contribution in [1.82, 2.24) is 5.32 Å². The number of para-hydroxylation sites is 1. The predicted molar refractivity (Wildman–Crippen MR) is 70.1 cm³/mol. The molecule has 0 saturated heterocycles. The molecule has 1 aromatic rings. The van der Waals surface area contributed by atoms with Crippen molar-refractivity contribution in [3.8, 4) is 0 Å². The van der Waals surface area contributed by atoms with E-state index in [1.807, 2.05) is 0 Å². The molecule has 1 atom stereocenters. The number of hydrogen-bond donors (Lipinski definition) is 2. The van der Waals surface area contributed by atoms with Crippen LogP contribution in [0.1, 0.15) is 12.5 Å². The molecule has 2 amide bonds. The molecule has 1 aromatic carbocycles. The molecule has 1 unspecified atom stereocenters. The van der Waals surface area contributed by atoms with Crippen molar-refractivity contribution >= 4 is 17.7 Å². The van der Waals surface area contributed by atoms with Gasteiger partial charge in [-0.05, 0) is 19.1 Å². The van der Waals surface area contributed by atoms with Gasteiger partial charge in [0.15, 0.2) is 0 Å². The van der Waals surface area contributed by atoms with Crippen LogP contribution in [0.2, 0.25) is 0 Å². The molecule has 0 aliphatic carbocycles. The van der Waals surface area contributed by atoms with E-state index in [2.05, 4.69) is 4.74 Å². The second-order valence-electron chi connectivity index (χ2n) is 4.37. The summed E-state index contributed by atoms with van der Waals surface area (Å²) in [5.74, 6) is -1.77. The van der Waals surface area contributed by atoms with Gasteiger partial charge in [-0.1, -0.05) is 12.1 Å². The highest BCUT2D eigenvalue weighted by Crippen LogP contribution is 2.34. The van der Waals surface area contributed by atoms with Gasteiger partial charge in [-0.3, -0.25) is 0 Å². The SMILES string of the molecule is CCOC(=O)C(NC(=O)Nc1ccccc1C(F)(F)F)C(F)(F)F. The summed E-state index contributed by atoms with van der Waals surface area (Å²) >= 11 is 0. The smallest absolute Gasteiger partial charge is 0.419 e. The molecule has 0 saturated carbocycles. The molecular weight excluding hydrogens is 346 g/mol. The van der Waals surface area contributed by atoms with E-state index >= 15 is 0 Å². The fourth-order valence-electron chi connectivity index (χ4n) is 1.63. The third kappa shape index (κ3) is 5.32. The Morgan fingerprint density at radius 3 is 2.21 bits per heavy atom. The first-order chi connectivity index (χ1) is 11.0. The third-order valence-electron chi connectivity index (χ3n) is 2.61. The maximum absolute atomic E-state index is 12.8. The zero-order chi connectivity index (χ0) is 18.5. The average Bonchev–Trinajstić information content (AvgIpc) is 2.43. The summed E-state index contributed by atoms with van der Waals surface area (Å²) in [6.07, 6.45) is -10.00. The summed E-state index contributed by atoms with van der Waals surface area (Å²) < 4.78 is 80.7. The Balaban J connectivity index is 2.94. The van der Waals surface area contributed by atoms with Crippen molar-refractivity contribution in [3.05, 3.63) is 29.8 Å². The summed E-state index contributed by atoms with van der Waals surface area (Å²) in [5, 5.41) is 2.89. The molecule has 0 heterocycles. The molecule has 134 valence electrons. The quantitative estimate of drug-likeness (QED) is 0.641. The van der Waals surface area contributed by atoms with E-state index in [0.717, 1.165) is 18.2 Å². The molecule has 0 aromatic heterocycles.